The molecule has 8 N–H and O–H groups in total. The van der Waals surface area contributed by atoms with Gasteiger partial charge in [0.15, 0.2) is 0 Å². The number of rotatable bonds is 28. The molecule has 2 aromatic rings. The zero-order chi connectivity index (χ0) is 41.3. The molecule has 12 nitrogen and oxygen atoms in total. The second kappa shape index (κ2) is 27.3. The molecule has 0 aliphatic carbocycles. The maximum atomic E-state index is 13.4. The number of nitrogens with one attached hydrogen (secondary N) is 4. The number of benzene rings is 2. The fourth-order valence-corrected chi connectivity index (χ4v) is 6.51. The van der Waals surface area contributed by atoms with Gasteiger partial charge in [-0.1, -0.05) is 121 Å². The van der Waals surface area contributed by atoms with Crippen molar-refractivity contribution in [3.8, 4) is 0 Å². The molecule has 0 unspecified atom stereocenters. The van der Waals surface area contributed by atoms with Crippen molar-refractivity contribution in [2.75, 3.05) is 26.2 Å². The van der Waals surface area contributed by atoms with Crippen molar-refractivity contribution in [2.24, 2.45) is 23.3 Å². The highest BCUT2D eigenvalue weighted by Crippen LogP contribution is 2.11. The van der Waals surface area contributed by atoms with Gasteiger partial charge < -0.3 is 37.6 Å². The van der Waals surface area contributed by atoms with Gasteiger partial charge in [0.2, 0.25) is 29.5 Å². The molecule has 5 amide bonds. The molecule has 0 saturated heterocycles. The third kappa shape index (κ3) is 20.0. The molecule has 0 aromatic heterocycles. The molecule has 2 rings (SSSR count). The first kappa shape index (κ1) is 47.9. The summed E-state index contributed by atoms with van der Waals surface area (Å²) in [6, 6.07) is 16.0. The minimum Gasteiger partial charge on any atom is -0.354 e. The van der Waals surface area contributed by atoms with E-state index in [2.05, 4.69) is 28.2 Å². The average Bonchev–Trinajstić information content (AvgIpc) is 3.16. The third-order valence-electron chi connectivity index (χ3n) is 9.61. The van der Waals surface area contributed by atoms with Crippen LogP contribution in [0.4, 0.5) is 0 Å². The van der Waals surface area contributed by atoms with Crippen molar-refractivity contribution in [1.29, 1.82) is 0 Å². The van der Waals surface area contributed by atoms with Crippen molar-refractivity contribution in [3.05, 3.63) is 71.8 Å². The molecule has 0 saturated carbocycles. The van der Waals surface area contributed by atoms with Crippen molar-refractivity contribution < 1.29 is 24.0 Å². The summed E-state index contributed by atoms with van der Waals surface area (Å²) in [5, 5.41) is 11.6. The Morgan fingerprint density at radius 2 is 0.982 bits per heavy atom. The van der Waals surface area contributed by atoms with Gasteiger partial charge in [-0.2, -0.15) is 0 Å². The number of carbonyl (C=O) groups excluding carboxylic acids is 5. The van der Waals surface area contributed by atoms with Gasteiger partial charge >= 0.3 is 0 Å². The smallest absolute Gasteiger partial charge is 0.242 e. The average molecular weight is 778 g/mol. The van der Waals surface area contributed by atoms with E-state index in [0.29, 0.717) is 71.1 Å². The van der Waals surface area contributed by atoms with Gasteiger partial charge in [0.05, 0.1) is 12.1 Å². The van der Waals surface area contributed by atoms with Gasteiger partial charge in [0.25, 0.3) is 0 Å². The Bertz CT molecular complexity index is 1340. The minimum absolute atomic E-state index is 0.0425. The van der Waals surface area contributed by atoms with Gasteiger partial charge in [0.1, 0.15) is 12.1 Å². The summed E-state index contributed by atoms with van der Waals surface area (Å²) in [5.41, 5.74) is 14.1. The topological polar surface area (TPSA) is 189 Å². The molecule has 0 heterocycles. The Morgan fingerprint density at radius 3 is 1.38 bits per heavy atom. The van der Waals surface area contributed by atoms with Gasteiger partial charge in [-0.25, -0.2) is 0 Å². The first-order valence-electron chi connectivity index (χ1n) is 20.8. The van der Waals surface area contributed by atoms with Gasteiger partial charge in [0, 0.05) is 45.4 Å². The highest BCUT2D eigenvalue weighted by Gasteiger charge is 2.26. The normalized spacial score (nSPS) is 13.4. The minimum atomic E-state index is -0.797. The largest absolute Gasteiger partial charge is 0.354 e. The van der Waals surface area contributed by atoms with Crippen LogP contribution >= 0.6 is 0 Å². The summed E-state index contributed by atoms with van der Waals surface area (Å²) in [6.07, 6.45) is 8.28. The van der Waals surface area contributed by atoms with E-state index in [1.165, 1.54) is 0 Å². The number of hydrogen-bond acceptors (Lipinski definition) is 7. The summed E-state index contributed by atoms with van der Waals surface area (Å²) in [5.74, 6) is -0.824. The summed E-state index contributed by atoms with van der Waals surface area (Å²) < 4.78 is 0. The van der Waals surface area contributed by atoms with E-state index in [9.17, 15) is 24.0 Å². The second-order valence-electron chi connectivity index (χ2n) is 15.8. The number of amides is 5. The quantitative estimate of drug-likeness (QED) is 0.0692. The zero-order valence-corrected chi connectivity index (χ0v) is 34.7. The van der Waals surface area contributed by atoms with Gasteiger partial charge in [-0.3, -0.25) is 24.0 Å². The van der Waals surface area contributed by atoms with Crippen LogP contribution in [0.5, 0.6) is 0 Å². The maximum Gasteiger partial charge on any atom is 0.242 e. The van der Waals surface area contributed by atoms with Crippen molar-refractivity contribution in [3.63, 3.8) is 0 Å². The third-order valence-corrected chi connectivity index (χ3v) is 9.61. The lowest BCUT2D eigenvalue weighted by molar-refractivity contribution is -0.131. The van der Waals surface area contributed by atoms with E-state index < -0.39 is 24.2 Å². The summed E-state index contributed by atoms with van der Waals surface area (Å²) in [7, 11) is 0. The molecule has 12 heteroatoms. The van der Waals surface area contributed by atoms with Gasteiger partial charge in [-0.15, -0.1) is 0 Å². The van der Waals surface area contributed by atoms with E-state index in [1.54, 1.807) is 4.90 Å². The molecular weight excluding hydrogens is 707 g/mol. The second-order valence-corrected chi connectivity index (χ2v) is 15.8. The Hall–Kier alpha value is -4.29. The number of nitrogens with zero attached hydrogens (tertiary/aromatic N) is 1. The molecule has 0 bridgehead atoms. The first-order valence-corrected chi connectivity index (χ1v) is 20.8. The van der Waals surface area contributed by atoms with Crippen LogP contribution in [-0.4, -0.2) is 84.8 Å². The molecule has 0 aliphatic rings. The molecule has 0 fully saturated rings. The number of unbranched alkanes of at least 4 members (excludes halogenated alkanes) is 4. The molecular formula is C44H71N7O5. The molecule has 4 atom stereocenters. The van der Waals surface area contributed by atoms with Crippen LogP contribution in [0.2, 0.25) is 0 Å². The van der Waals surface area contributed by atoms with E-state index in [-0.39, 0.29) is 41.4 Å². The SMILES string of the molecule is CCCCCCCC(=O)N(CCCNC(=O)[C@@H](Cc1ccccc1)NC(=O)[C@H](N)CC(C)C)CCCNC(=O)[C@@H](Cc1ccccc1)NC(=O)[C@H](N)CC(C)C. The Morgan fingerprint density at radius 1 is 0.571 bits per heavy atom. The van der Waals surface area contributed by atoms with E-state index >= 15 is 0 Å². The molecule has 56 heavy (non-hydrogen) atoms. The van der Waals surface area contributed by atoms with Crippen LogP contribution in [-0.2, 0) is 36.8 Å². The zero-order valence-electron chi connectivity index (χ0n) is 34.7. The van der Waals surface area contributed by atoms with E-state index in [1.807, 2.05) is 88.4 Å². The molecule has 312 valence electrons. The fourth-order valence-electron chi connectivity index (χ4n) is 6.51. The predicted molar refractivity (Wildman–Crippen MR) is 224 cm³/mol. The number of hydrogen-bond donors (Lipinski definition) is 6. The molecule has 0 radical (unpaired) electrons. The maximum absolute atomic E-state index is 13.4. The number of nitrogens with two attached hydrogens (primary N) is 2. The highest BCUT2D eigenvalue weighted by molar-refractivity contribution is 5.90. The fraction of sp³-hybridized carbons (Fsp3) is 0.614. The highest BCUT2D eigenvalue weighted by atomic mass is 16.2. The van der Waals surface area contributed by atoms with Crippen LogP contribution in [0.15, 0.2) is 60.7 Å². The Balaban J connectivity index is 2.02. The van der Waals surface area contributed by atoms with Crippen LogP contribution in [0.25, 0.3) is 0 Å². The Kier molecular flexibility index (Phi) is 23.4. The Labute approximate surface area is 336 Å². The van der Waals surface area contributed by atoms with Crippen LogP contribution in [0.3, 0.4) is 0 Å². The van der Waals surface area contributed by atoms with Crippen molar-refractivity contribution in [1.82, 2.24) is 26.2 Å². The lowest BCUT2D eigenvalue weighted by Gasteiger charge is -2.25. The van der Waals surface area contributed by atoms with Crippen LogP contribution in [0.1, 0.15) is 110 Å². The summed E-state index contributed by atoms with van der Waals surface area (Å²) >= 11 is 0. The van der Waals surface area contributed by atoms with Crippen LogP contribution in [0, 0.1) is 11.8 Å². The van der Waals surface area contributed by atoms with E-state index in [4.69, 9.17) is 11.5 Å². The lowest BCUT2D eigenvalue weighted by atomic mass is 10.0. The van der Waals surface area contributed by atoms with Crippen LogP contribution < -0.4 is 32.7 Å². The van der Waals surface area contributed by atoms with Crippen molar-refractivity contribution >= 4 is 29.5 Å². The lowest BCUT2D eigenvalue weighted by Crippen LogP contribution is -2.53. The molecule has 0 aliphatic heterocycles. The number of carbonyl (C=O) groups is 5. The molecule has 2 aromatic carbocycles. The first-order chi connectivity index (χ1) is 26.8. The van der Waals surface area contributed by atoms with E-state index in [0.717, 1.165) is 43.2 Å². The summed E-state index contributed by atoms with van der Waals surface area (Å²) in [6.45, 7) is 11.6. The van der Waals surface area contributed by atoms with Crippen molar-refractivity contribution in [2.45, 2.75) is 136 Å². The van der Waals surface area contributed by atoms with Gasteiger partial charge in [-0.05, 0) is 55.1 Å². The predicted octanol–water partition coefficient (Wildman–Crippen LogP) is 4.39. The summed E-state index contributed by atoms with van der Waals surface area (Å²) in [4.78, 5) is 67.9. The standard InChI is InChI=1S/C44H71N7O5/c1-6-7-8-9-16-23-40(52)51(26-17-24-47-43(55)38(30-34-19-12-10-13-20-34)49-41(53)36(45)28-32(2)3)27-18-25-48-44(56)39(31-35-21-14-11-15-22-35)50-42(54)37(46)29-33(4)5/h10-15,19-22,32-33,36-39H,6-9,16-18,23-31,45-46H2,1-5H3,(H,47,55)(H,48,56)(H,49,53)(H,50,54)/t36-,37-,38-,39-/m1/s1. The monoisotopic (exact) mass is 778 g/mol. The molecule has 0 spiro atoms.